The minimum Gasteiger partial charge on any atom is -0.481 e. The fraction of sp³-hybridized carbons (Fsp3) is 0.611. The van der Waals surface area contributed by atoms with Crippen molar-refractivity contribution in [1.29, 1.82) is 0 Å². The van der Waals surface area contributed by atoms with Gasteiger partial charge in [0.2, 0.25) is 0 Å². The maximum Gasteiger partial charge on any atom is 0.310 e. The van der Waals surface area contributed by atoms with E-state index in [-0.39, 0.29) is 0 Å². The molecule has 1 N–H and O–H groups in total. The molecule has 0 atom stereocenters. The molecule has 0 aliphatic heterocycles. The first-order chi connectivity index (χ1) is 9.93. The van der Waals surface area contributed by atoms with Crippen LogP contribution in [0.5, 0.6) is 0 Å². The van der Waals surface area contributed by atoms with Gasteiger partial charge in [0, 0.05) is 13.1 Å². The molecule has 0 heterocycles. The molecule has 0 unspecified atom stereocenters. The van der Waals surface area contributed by atoms with Gasteiger partial charge in [-0.3, -0.25) is 4.79 Å². The molecule has 1 aromatic carbocycles. The highest BCUT2D eigenvalue weighted by molar-refractivity contribution is 5.75. The molecule has 0 aromatic heterocycles. The fourth-order valence-corrected chi connectivity index (χ4v) is 3.41. The lowest BCUT2D eigenvalue weighted by Crippen LogP contribution is -2.44. The van der Waals surface area contributed by atoms with E-state index in [0.717, 1.165) is 32.2 Å². The Hall–Kier alpha value is -1.35. The van der Waals surface area contributed by atoms with Gasteiger partial charge in [-0.2, -0.15) is 0 Å². The van der Waals surface area contributed by atoms with Gasteiger partial charge in [0.25, 0.3) is 0 Å². The highest BCUT2D eigenvalue weighted by Gasteiger charge is 2.41. The zero-order valence-corrected chi connectivity index (χ0v) is 13.4. The number of aryl methyl sites for hydroxylation is 1. The smallest absolute Gasteiger partial charge is 0.310 e. The van der Waals surface area contributed by atoms with E-state index < -0.39 is 11.4 Å². The molecule has 3 heteroatoms. The summed E-state index contributed by atoms with van der Waals surface area (Å²) in [6.45, 7) is 5.79. The van der Waals surface area contributed by atoms with Gasteiger partial charge >= 0.3 is 5.97 Å². The summed E-state index contributed by atoms with van der Waals surface area (Å²) in [5.41, 5.74) is 2.00. The number of nitrogens with zero attached hydrogens (tertiary/aromatic N) is 1. The topological polar surface area (TPSA) is 40.5 Å². The first-order valence-corrected chi connectivity index (χ1v) is 7.89. The van der Waals surface area contributed by atoms with E-state index in [4.69, 9.17) is 0 Å². The molecule has 3 nitrogen and oxygen atoms in total. The fourth-order valence-electron chi connectivity index (χ4n) is 3.41. The van der Waals surface area contributed by atoms with Crippen molar-refractivity contribution in [1.82, 2.24) is 4.90 Å². The van der Waals surface area contributed by atoms with Crippen LogP contribution in [0.3, 0.4) is 0 Å². The Morgan fingerprint density at radius 3 is 2.52 bits per heavy atom. The molecule has 1 aliphatic carbocycles. The average Bonchev–Trinajstić information content (AvgIpc) is 2.44. The zero-order valence-electron chi connectivity index (χ0n) is 13.4. The summed E-state index contributed by atoms with van der Waals surface area (Å²) >= 11 is 0. The van der Waals surface area contributed by atoms with Crippen molar-refractivity contribution in [2.24, 2.45) is 11.3 Å². The molecule has 21 heavy (non-hydrogen) atoms. The predicted octanol–water partition coefficient (Wildman–Crippen LogP) is 3.71. The number of carboxylic acids is 1. The Kier molecular flexibility index (Phi) is 5.04. The van der Waals surface area contributed by atoms with Crippen molar-refractivity contribution in [3.05, 3.63) is 35.4 Å². The second-order valence-corrected chi connectivity index (χ2v) is 6.87. The lowest BCUT2D eigenvalue weighted by molar-refractivity contribution is -0.153. The van der Waals surface area contributed by atoms with Crippen molar-refractivity contribution >= 4 is 5.97 Å². The summed E-state index contributed by atoms with van der Waals surface area (Å²) in [4.78, 5) is 14.0. The molecule has 0 saturated heterocycles. The summed E-state index contributed by atoms with van der Waals surface area (Å²) in [5, 5.41) is 9.72. The van der Waals surface area contributed by atoms with Crippen LogP contribution in [0.15, 0.2) is 24.3 Å². The van der Waals surface area contributed by atoms with Gasteiger partial charge in [-0.1, -0.05) is 31.2 Å². The van der Waals surface area contributed by atoms with E-state index in [1.54, 1.807) is 0 Å². The largest absolute Gasteiger partial charge is 0.481 e. The Labute approximate surface area is 128 Å². The number of hydrogen-bond acceptors (Lipinski definition) is 2. The Bertz CT molecular complexity index is 490. The van der Waals surface area contributed by atoms with Crippen LogP contribution in [0.1, 0.15) is 43.7 Å². The molecule has 0 amide bonds. The van der Waals surface area contributed by atoms with Crippen molar-refractivity contribution in [3.63, 3.8) is 0 Å². The van der Waals surface area contributed by atoms with Gasteiger partial charge in [0.15, 0.2) is 0 Å². The normalized spacial score (nSPS) is 26.0. The van der Waals surface area contributed by atoms with Crippen molar-refractivity contribution < 1.29 is 9.90 Å². The van der Waals surface area contributed by atoms with E-state index in [1.807, 2.05) is 19.2 Å². The van der Waals surface area contributed by atoms with Crippen molar-refractivity contribution in [2.45, 2.75) is 46.1 Å². The van der Waals surface area contributed by atoms with E-state index >= 15 is 0 Å². The highest BCUT2D eigenvalue weighted by atomic mass is 16.4. The van der Waals surface area contributed by atoms with E-state index in [9.17, 15) is 9.90 Å². The van der Waals surface area contributed by atoms with Crippen LogP contribution in [0, 0.1) is 18.3 Å². The van der Waals surface area contributed by atoms with E-state index in [2.05, 4.69) is 30.9 Å². The second kappa shape index (κ2) is 6.61. The van der Waals surface area contributed by atoms with Crippen LogP contribution in [-0.4, -0.2) is 29.6 Å². The van der Waals surface area contributed by atoms with Crippen molar-refractivity contribution in [3.8, 4) is 0 Å². The van der Waals surface area contributed by atoms with E-state index in [1.165, 1.54) is 11.1 Å². The molecule has 0 bridgehead atoms. The lowest BCUT2D eigenvalue weighted by Gasteiger charge is -2.38. The Morgan fingerprint density at radius 1 is 1.33 bits per heavy atom. The predicted molar refractivity (Wildman–Crippen MR) is 85.2 cm³/mol. The molecule has 2 rings (SSSR count). The maximum absolute atomic E-state index is 11.8. The third-order valence-electron chi connectivity index (χ3n) is 4.96. The standard InChI is InChI=1S/C18H27NO2/c1-14-8-10-18(11-9-14,17(20)21)13-19(3)12-16-7-5-4-6-15(16)2/h4-7,14H,8-13H2,1-3H3,(H,20,21). The Balaban J connectivity index is 2.04. The number of aliphatic carboxylic acids is 1. The summed E-state index contributed by atoms with van der Waals surface area (Å²) in [5.74, 6) is 0.0465. The minimum absolute atomic E-state index is 0.552. The van der Waals surface area contributed by atoms with Gasteiger partial charge < -0.3 is 10.0 Å². The zero-order chi connectivity index (χ0) is 15.5. The van der Waals surface area contributed by atoms with Crippen LogP contribution in [-0.2, 0) is 11.3 Å². The highest BCUT2D eigenvalue weighted by Crippen LogP contribution is 2.39. The van der Waals surface area contributed by atoms with Crippen LogP contribution < -0.4 is 0 Å². The van der Waals surface area contributed by atoms with Gasteiger partial charge in [-0.05, 0) is 56.7 Å². The molecule has 116 valence electrons. The quantitative estimate of drug-likeness (QED) is 0.898. The molecule has 1 aliphatic rings. The van der Waals surface area contributed by atoms with Gasteiger partial charge in [-0.15, -0.1) is 0 Å². The third-order valence-corrected chi connectivity index (χ3v) is 4.96. The maximum atomic E-state index is 11.8. The minimum atomic E-state index is -0.619. The first kappa shape index (κ1) is 16.0. The van der Waals surface area contributed by atoms with Crippen LogP contribution in [0.25, 0.3) is 0 Å². The molecule has 0 spiro atoms. The summed E-state index contributed by atoms with van der Waals surface area (Å²) in [7, 11) is 2.04. The monoisotopic (exact) mass is 289 g/mol. The summed E-state index contributed by atoms with van der Waals surface area (Å²) in [6.07, 6.45) is 3.68. The van der Waals surface area contributed by atoms with Crippen LogP contribution in [0.2, 0.25) is 0 Å². The summed E-state index contributed by atoms with van der Waals surface area (Å²) in [6, 6.07) is 8.33. The number of benzene rings is 1. The molecule has 1 fully saturated rings. The molecule has 0 radical (unpaired) electrons. The number of hydrogen-bond donors (Lipinski definition) is 1. The number of rotatable bonds is 5. The first-order valence-electron chi connectivity index (χ1n) is 7.89. The lowest BCUT2D eigenvalue weighted by atomic mass is 9.70. The second-order valence-electron chi connectivity index (χ2n) is 6.87. The van der Waals surface area contributed by atoms with Gasteiger partial charge in [0.1, 0.15) is 0 Å². The molecule has 1 saturated carbocycles. The number of carboxylic acid groups (broad SMARTS) is 1. The molecule has 1 aromatic rings. The summed E-state index contributed by atoms with van der Waals surface area (Å²) < 4.78 is 0. The Morgan fingerprint density at radius 2 is 1.95 bits per heavy atom. The van der Waals surface area contributed by atoms with Gasteiger partial charge in [0.05, 0.1) is 5.41 Å². The van der Waals surface area contributed by atoms with Gasteiger partial charge in [-0.25, -0.2) is 0 Å². The average molecular weight is 289 g/mol. The van der Waals surface area contributed by atoms with Crippen molar-refractivity contribution in [2.75, 3.05) is 13.6 Å². The SMILES string of the molecule is Cc1ccccc1CN(C)CC1(C(=O)O)CCC(C)CC1. The third kappa shape index (κ3) is 3.85. The molecular weight excluding hydrogens is 262 g/mol. The number of carbonyl (C=O) groups is 1. The van der Waals surface area contributed by atoms with Crippen LogP contribution in [0.4, 0.5) is 0 Å². The van der Waals surface area contributed by atoms with E-state index in [0.29, 0.717) is 12.5 Å². The molecular formula is C18H27NO2. The van der Waals surface area contributed by atoms with Crippen LogP contribution >= 0.6 is 0 Å².